The molecule has 2 fully saturated rings. The normalized spacial score (nSPS) is 24.4. The molecule has 2 aliphatic heterocycles. The second-order valence-corrected chi connectivity index (χ2v) is 7.01. The third-order valence-corrected chi connectivity index (χ3v) is 4.98. The molecule has 2 rings (SSSR count). The van der Waals surface area contributed by atoms with Crippen LogP contribution in [0, 0.1) is 5.41 Å². The van der Waals surface area contributed by atoms with Gasteiger partial charge in [0.15, 0.2) is 0 Å². The monoisotopic (exact) mass is 281 g/mol. The van der Waals surface area contributed by atoms with Gasteiger partial charge in [0.05, 0.1) is 6.54 Å². The molecule has 0 aliphatic carbocycles. The number of piperidine rings is 1. The zero-order valence-corrected chi connectivity index (χ0v) is 13.3. The minimum atomic E-state index is 0.295. The lowest BCUT2D eigenvalue weighted by Gasteiger charge is -2.38. The molecule has 1 amide bonds. The summed E-state index contributed by atoms with van der Waals surface area (Å²) in [5.41, 5.74) is 0.367. The Morgan fingerprint density at radius 1 is 1.05 bits per heavy atom. The zero-order valence-electron chi connectivity index (χ0n) is 13.3. The van der Waals surface area contributed by atoms with Crippen LogP contribution in [0.1, 0.15) is 45.4 Å². The molecule has 2 aliphatic rings. The van der Waals surface area contributed by atoms with E-state index in [1.807, 2.05) is 0 Å². The summed E-state index contributed by atoms with van der Waals surface area (Å²) in [7, 11) is 2.19. The molecule has 0 aromatic heterocycles. The summed E-state index contributed by atoms with van der Waals surface area (Å²) in [6.07, 6.45) is 7.37. The maximum atomic E-state index is 12.2. The lowest BCUT2D eigenvalue weighted by Crippen LogP contribution is -2.45. The van der Waals surface area contributed by atoms with Gasteiger partial charge in [-0.25, -0.2) is 0 Å². The predicted molar refractivity (Wildman–Crippen MR) is 82.8 cm³/mol. The molecule has 2 heterocycles. The second-order valence-electron chi connectivity index (χ2n) is 7.01. The molecule has 4 heteroatoms. The standard InChI is InChI=1S/C16H31N3O/c1-16(7-11-18(2)12-8-16)14-17-13-15(20)19-9-5-3-4-6-10-19/h17H,3-14H2,1-2H3. The van der Waals surface area contributed by atoms with Gasteiger partial charge in [-0.3, -0.25) is 4.79 Å². The van der Waals surface area contributed by atoms with E-state index in [1.165, 1.54) is 51.6 Å². The van der Waals surface area contributed by atoms with Crippen molar-refractivity contribution in [2.24, 2.45) is 5.41 Å². The van der Waals surface area contributed by atoms with Crippen molar-refractivity contribution in [1.82, 2.24) is 15.1 Å². The van der Waals surface area contributed by atoms with Crippen LogP contribution in [-0.2, 0) is 4.79 Å². The van der Waals surface area contributed by atoms with Crippen LogP contribution in [0.15, 0.2) is 0 Å². The van der Waals surface area contributed by atoms with Crippen LogP contribution in [0.5, 0.6) is 0 Å². The molecule has 116 valence electrons. The molecule has 0 aromatic carbocycles. The summed E-state index contributed by atoms with van der Waals surface area (Å²) in [4.78, 5) is 16.6. The molecular weight excluding hydrogens is 250 g/mol. The minimum absolute atomic E-state index is 0.295. The number of nitrogens with zero attached hydrogens (tertiary/aromatic N) is 2. The average Bonchev–Trinajstić information content (AvgIpc) is 2.71. The number of rotatable bonds is 4. The van der Waals surface area contributed by atoms with Gasteiger partial charge in [-0.15, -0.1) is 0 Å². The molecule has 0 unspecified atom stereocenters. The quantitative estimate of drug-likeness (QED) is 0.852. The lowest BCUT2D eigenvalue weighted by molar-refractivity contribution is -0.130. The van der Waals surface area contributed by atoms with E-state index < -0.39 is 0 Å². The molecule has 0 aromatic rings. The Kier molecular flexibility index (Phi) is 5.85. The number of hydrogen-bond donors (Lipinski definition) is 1. The molecule has 0 spiro atoms. The minimum Gasteiger partial charge on any atom is -0.342 e. The van der Waals surface area contributed by atoms with Crippen molar-refractivity contribution in [2.45, 2.75) is 45.4 Å². The van der Waals surface area contributed by atoms with Crippen LogP contribution < -0.4 is 5.32 Å². The Labute approximate surface area is 123 Å². The van der Waals surface area contributed by atoms with E-state index in [9.17, 15) is 4.79 Å². The summed E-state index contributed by atoms with van der Waals surface area (Å²) in [5.74, 6) is 0.295. The van der Waals surface area contributed by atoms with E-state index in [0.29, 0.717) is 17.9 Å². The van der Waals surface area contributed by atoms with E-state index in [1.54, 1.807) is 0 Å². The molecule has 2 saturated heterocycles. The van der Waals surface area contributed by atoms with E-state index in [0.717, 1.165) is 19.6 Å². The third kappa shape index (κ3) is 4.74. The van der Waals surface area contributed by atoms with Crippen molar-refractivity contribution in [1.29, 1.82) is 0 Å². The van der Waals surface area contributed by atoms with Crippen LogP contribution >= 0.6 is 0 Å². The highest BCUT2D eigenvalue weighted by atomic mass is 16.2. The van der Waals surface area contributed by atoms with Crippen molar-refractivity contribution in [3.63, 3.8) is 0 Å². The smallest absolute Gasteiger partial charge is 0.236 e. The summed E-state index contributed by atoms with van der Waals surface area (Å²) in [5, 5.41) is 3.42. The second kappa shape index (κ2) is 7.41. The maximum Gasteiger partial charge on any atom is 0.236 e. The van der Waals surface area contributed by atoms with Crippen molar-refractivity contribution >= 4 is 5.91 Å². The lowest BCUT2D eigenvalue weighted by atomic mass is 9.80. The highest BCUT2D eigenvalue weighted by molar-refractivity contribution is 5.78. The number of likely N-dealkylation sites (tertiary alicyclic amines) is 2. The van der Waals surface area contributed by atoms with Crippen LogP contribution in [0.2, 0.25) is 0 Å². The van der Waals surface area contributed by atoms with Gasteiger partial charge < -0.3 is 15.1 Å². The van der Waals surface area contributed by atoms with Crippen LogP contribution in [0.25, 0.3) is 0 Å². The molecule has 4 nitrogen and oxygen atoms in total. The Morgan fingerprint density at radius 2 is 1.65 bits per heavy atom. The molecule has 0 bridgehead atoms. The fraction of sp³-hybridized carbons (Fsp3) is 0.938. The fourth-order valence-electron chi connectivity index (χ4n) is 3.24. The summed E-state index contributed by atoms with van der Waals surface area (Å²) in [6, 6.07) is 0. The number of amides is 1. The third-order valence-electron chi connectivity index (χ3n) is 4.98. The van der Waals surface area contributed by atoms with Gasteiger partial charge in [0, 0.05) is 19.6 Å². The number of hydrogen-bond acceptors (Lipinski definition) is 3. The maximum absolute atomic E-state index is 12.2. The first-order chi connectivity index (χ1) is 9.59. The highest BCUT2D eigenvalue weighted by Gasteiger charge is 2.28. The van der Waals surface area contributed by atoms with Gasteiger partial charge in [0.25, 0.3) is 0 Å². The van der Waals surface area contributed by atoms with Crippen LogP contribution in [0.4, 0.5) is 0 Å². The highest BCUT2D eigenvalue weighted by Crippen LogP contribution is 2.29. The zero-order chi connectivity index (χ0) is 14.4. The Bertz CT molecular complexity index is 303. The van der Waals surface area contributed by atoms with Crippen molar-refractivity contribution in [3.05, 3.63) is 0 Å². The van der Waals surface area contributed by atoms with Gasteiger partial charge in [-0.1, -0.05) is 19.8 Å². The molecule has 0 atom stereocenters. The van der Waals surface area contributed by atoms with E-state index in [4.69, 9.17) is 0 Å². The number of carbonyl (C=O) groups is 1. The van der Waals surface area contributed by atoms with Crippen LogP contribution in [-0.4, -0.2) is 62.0 Å². The van der Waals surface area contributed by atoms with Gasteiger partial charge in [-0.05, 0) is 51.2 Å². The Hall–Kier alpha value is -0.610. The van der Waals surface area contributed by atoms with Crippen molar-refractivity contribution < 1.29 is 4.79 Å². The SMILES string of the molecule is CN1CCC(C)(CNCC(=O)N2CCCCCC2)CC1. The predicted octanol–water partition coefficient (Wildman–Crippen LogP) is 1.71. The van der Waals surface area contributed by atoms with E-state index in [2.05, 4.69) is 29.1 Å². The number of carbonyl (C=O) groups excluding carboxylic acids is 1. The van der Waals surface area contributed by atoms with Crippen LogP contribution in [0.3, 0.4) is 0 Å². The first-order valence-electron chi connectivity index (χ1n) is 8.26. The van der Waals surface area contributed by atoms with Gasteiger partial charge in [0.1, 0.15) is 0 Å². The van der Waals surface area contributed by atoms with Gasteiger partial charge >= 0.3 is 0 Å². The fourth-order valence-corrected chi connectivity index (χ4v) is 3.24. The summed E-state index contributed by atoms with van der Waals surface area (Å²) in [6.45, 7) is 8.12. The largest absolute Gasteiger partial charge is 0.342 e. The first-order valence-corrected chi connectivity index (χ1v) is 8.26. The van der Waals surface area contributed by atoms with E-state index in [-0.39, 0.29) is 0 Å². The van der Waals surface area contributed by atoms with Gasteiger partial charge in [0.2, 0.25) is 5.91 Å². The average molecular weight is 281 g/mol. The molecule has 0 radical (unpaired) electrons. The Balaban J connectivity index is 1.68. The van der Waals surface area contributed by atoms with E-state index >= 15 is 0 Å². The summed E-state index contributed by atoms with van der Waals surface area (Å²) < 4.78 is 0. The first kappa shape index (κ1) is 15.8. The molecule has 1 N–H and O–H groups in total. The molecule has 0 saturated carbocycles. The topological polar surface area (TPSA) is 35.6 Å². The molecular formula is C16H31N3O. The molecule has 20 heavy (non-hydrogen) atoms. The van der Waals surface area contributed by atoms with Crippen molar-refractivity contribution in [2.75, 3.05) is 46.3 Å². The summed E-state index contributed by atoms with van der Waals surface area (Å²) >= 11 is 0. The Morgan fingerprint density at radius 3 is 2.25 bits per heavy atom. The number of nitrogens with one attached hydrogen (secondary N) is 1. The van der Waals surface area contributed by atoms with Crippen molar-refractivity contribution in [3.8, 4) is 0 Å². The van der Waals surface area contributed by atoms with Gasteiger partial charge in [-0.2, -0.15) is 0 Å².